The molecule has 5 nitrogen and oxygen atoms in total. The van der Waals surface area contributed by atoms with Gasteiger partial charge in [0.05, 0.1) is 13.2 Å². The molecule has 19 heavy (non-hydrogen) atoms. The molecule has 2 saturated heterocycles. The van der Waals surface area contributed by atoms with E-state index in [2.05, 4.69) is 14.8 Å². The molecule has 106 valence electrons. The molecule has 0 atom stereocenters. The first kappa shape index (κ1) is 13.3. The Morgan fingerprint density at radius 1 is 1.21 bits per heavy atom. The van der Waals surface area contributed by atoms with Crippen LogP contribution in [0.3, 0.4) is 0 Å². The van der Waals surface area contributed by atoms with Gasteiger partial charge >= 0.3 is 0 Å². The molecule has 0 aromatic carbocycles. The van der Waals surface area contributed by atoms with Crippen LogP contribution in [-0.2, 0) is 9.47 Å². The number of piperazine rings is 1. The fraction of sp³-hybridized carbons (Fsp3) is 0.769. The lowest BCUT2D eigenvalue weighted by molar-refractivity contribution is -0.182. The maximum absolute atomic E-state index is 5.58. The summed E-state index contributed by atoms with van der Waals surface area (Å²) in [6.45, 7) is 7.11. The molecule has 0 radical (unpaired) electrons. The summed E-state index contributed by atoms with van der Waals surface area (Å²) in [7, 11) is 0. The molecule has 0 N–H and O–H groups in total. The SMILES string of the molecule is c1csc(N2CCN(CCC3OCCCO3)CC2)n1. The van der Waals surface area contributed by atoms with Crippen LogP contribution in [-0.4, -0.2) is 62.1 Å². The van der Waals surface area contributed by atoms with Gasteiger partial charge in [0.2, 0.25) is 0 Å². The zero-order valence-electron chi connectivity index (χ0n) is 11.2. The summed E-state index contributed by atoms with van der Waals surface area (Å²) in [6.07, 6.45) is 3.91. The Morgan fingerprint density at radius 3 is 2.68 bits per heavy atom. The second kappa shape index (κ2) is 6.65. The van der Waals surface area contributed by atoms with Crippen molar-refractivity contribution in [3.8, 4) is 0 Å². The van der Waals surface area contributed by atoms with E-state index in [0.717, 1.165) is 63.9 Å². The van der Waals surface area contributed by atoms with Crippen LogP contribution in [0.2, 0.25) is 0 Å². The third kappa shape index (κ3) is 3.66. The van der Waals surface area contributed by atoms with Gasteiger partial charge in [-0.3, -0.25) is 4.90 Å². The van der Waals surface area contributed by atoms with Crippen LogP contribution >= 0.6 is 11.3 Å². The third-order valence-corrected chi connectivity index (χ3v) is 4.47. The molecule has 6 heteroatoms. The first-order valence-electron chi connectivity index (χ1n) is 7.02. The van der Waals surface area contributed by atoms with Gasteiger partial charge in [0, 0.05) is 50.7 Å². The number of thiazole rings is 1. The second-order valence-electron chi connectivity index (χ2n) is 4.96. The average Bonchev–Trinajstić information content (AvgIpc) is 3.01. The monoisotopic (exact) mass is 283 g/mol. The van der Waals surface area contributed by atoms with Crippen molar-refractivity contribution in [2.75, 3.05) is 50.8 Å². The second-order valence-corrected chi connectivity index (χ2v) is 5.83. The number of aromatic nitrogens is 1. The lowest BCUT2D eigenvalue weighted by Gasteiger charge is -2.35. The lowest BCUT2D eigenvalue weighted by Crippen LogP contribution is -2.47. The summed E-state index contributed by atoms with van der Waals surface area (Å²) in [4.78, 5) is 9.23. The maximum Gasteiger partial charge on any atom is 0.185 e. The summed E-state index contributed by atoms with van der Waals surface area (Å²) in [5.74, 6) is 0. The molecular formula is C13H21N3O2S. The van der Waals surface area contributed by atoms with E-state index in [0.29, 0.717) is 0 Å². The van der Waals surface area contributed by atoms with Crippen LogP contribution < -0.4 is 4.90 Å². The van der Waals surface area contributed by atoms with E-state index in [4.69, 9.17) is 9.47 Å². The van der Waals surface area contributed by atoms with Crippen molar-refractivity contribution in [3.63, 3.8) is 0 Å². The minimum Gasteiger partial charge on any atom is -0.353 e. The van der Waals surface area contributed by atoms with Gasteiger partial charge in [-0.15, -0.1) is 11.3 Å². The van der Waals surface area contributed by atoms with E-state index in [1.807, 2.05) is 11.6 Å². The quantitative estimate of drug-likeness (QED) is 0.835. The predicted octanol–water partition coefficient (Wildman–Crippen LogP) is 1.42. The third-order valence-electron chi connectivity index (χ3n) is 3.64. The van der Waals surface area contributed by atoms with Crippen LogP contribution in [0.1, 0.15) is 12.8 Å². The molecule has 2 aliphatic heterocycles. The minimum absolute atomic E-state index is 0.0192. The van der Waals surface area contributed by atoms with Crippen LogP contribution in [0, 0.1) is 0 Å². The van der Waals surface area contributed by atoms with Crippen molar-refractivity contribution in [1.29, 1.82) is 0 Å². The van der Waals surface area contributed by atoms with Gasteiger partial charge in [0.15, 0.2) is 11.4 Å². The molecule has 2 fully saturated rings. The number of nitrogens with zero attached hydrogens (tertiary/aromatic N) is 3. The minimum atomic E-state index is 0.0192. The van der Waals surface area contributed by atoms with Gasteiger partial charge in [-0.25, -0.2) is 4.98 Å². The van der Waals surface area contributed by atoms with Crippen LogP contribution in [0.4, 0.5) is 5.13 Å². The van der Waals surface area contributed by atoms with E-state index >= 15 is 0 Å². The molecule has 1 aromatic heterocycles. The molecule has 3 rings (SSSR count). The lowest BCUT2D eigenvalue weighted by atomic mass is 10.3. The van der Waals surface area contributed by atoms with Gasteiger partial charge in [0.1, 0.15) is 0 Å². The van der Waals surface area contributed by atoms with Gasteiger partial charge in [-0.1, -0.05) is 0 Å². The largest absolute Gasteiger partial charge is 0.353 e. The Morgan fingerprint density at radius 2 is 2.00 bits per heavy atom. The van der Waals surface area contributed by atoms with Crippen molar-refractivity contribution in [2.24, 2.45) is 0 Å². The first-order valence-corrected chi connectivity index (χ1v) is 7.90. The molecule has 0 saturated carbocycles. The van der Waals surface area contributed by atoms with Crippen molar-refractivity contribution in [2.45, 2.75) is 19.1 Å². The van der Waals surface area contributed by atoms with Crippen molar-refractivity contribution in [1.82, 2.24) is 9.88 Å². The summed E-state index contributed by atoms with van der Waals surface area (Å²) < 4.78 is 11.2. The average molecular weight is 283 g/mol. The molecule has 3 heterocycles. The fourth-order valence-corrected chi connectivity index (χ4v) is 3.22. The first-order chi connectivity index (χ1) is 9.42. The summed E-state index contributed by atoms with van der Waals surface area (Å²) in [6, 6.07) is 0. The summed E-state index contributed by atoms with van der Waals surface area (Å²) in [5, 5.41) is 3.19. The van der Waals surface area contributed by atoms with E-state index in [-0.39, 0.29) is 6.29 Å². The van der Waals surface area contributed by atoms with E-state index in [1.54, 1.807) is 11.3 Å². The highest BCUT2D eigenvalue weighted by atomic mass is 32.1. The predicted molar refractivity (Wildman–Crippen MR) is 75.7 cm³/mol. The number of hydrogen-bond donors (Lipinski definition) is 0. The molecule has 0 aliphatic carbocycles. The van der Waals surface area contributed by atoms with Gasteiger partial charge in [-0.05, 0) is 6.42 Å². The molecule has 0 spiro atoms. The number of rotatable bonds is 4. The van der Waals surface area contributed by atoms with Crippen molar-refractivity contribution >= 4 is 16.5 Å². The van der Waals surface area contributed by atoms with Crippen LogP contribution in [0.5, 0.6) is 0 Å². The van der Waals surface area contributed by atoms with Crippen LogP contribution in [0.15, 0.2) is 11.6 Å². The molecule has 0 bridgehead atoms. The Hall–Kier alpha value is -0.690. The maximum atomic E-state index is 5.58. The highest BCUT2D eigenvalue weighted by molar-refractivity contribution is 7.13. The van der Waals surface area contributed by atoms with Gasteiger partial charge < -0.3 is 14.4 Å². The molecule has 0 amide bonds. The van der Waals surface area contributed by atoms with E-state index < -0.39 is 0 Å². The Bertz CT molecular complexity index is 360. The van der Waals surface area contributed by atoms with E-state index in [9.17, 15) is 0 Å². The summed E-state index contributed by atoms with van der Waals surface area (Å²) in [5.41, 5.74) is 0. The van der Waals surface area contributed by atoms with Crippen molar-refractivity contribution < 1.29 is 9.47 Å². The number of ether oxygens (including phenoxy) is 2. The zero-order valence-corrected chi connectivity index (χ0v) is 12.0. The smallest absolute Gasteiger partial charge is 0.185 e. The Labute approximate surface area is 118 Å². The number of anilines is 1. The molecule has 0 unspecified atom stereocenters. The molecular weight excluding hydrogens is 262 g/mol. The molecule has 1 aromatic rings. The zero-order chi connectivity index (χ0) is 12.9. The normalized spacial score (nSPS) is 22.8. The van der Waals surface area contributed by atoms with Crippen LogP contribution in [0.25, 0.3) is 0 Å². The Kier molecular flexibility index (Phi) is 4.66. The fourth-order valence-electron chi connectivity index (χ4n) is 2.53. The van der Waals surface area contributed by atoms with Crippen molar-refractivity contribution in [3.05, 3.63) is 11.6 Å². The Balaban J connectivity index is 1.38. The highest BCUT2D eigenvalue weighted by Gasteiger charge is 2.20. The standard InChI is InChI=1S/C13H21N3O2S/c1-9-17-12(18-10-1)2-4-15-5-7-16(8-6-15)13-14-3-11-19-13/h3,11-12H,1-2,4-10H2. The topological polar surface area (TPSA) is 37.8 Å². The van der Waals surface area contributed by atoms with E-state index in [1.165, 1.54) is 0 Å². The highest BCUT2D eigenvalue weighted by Crippen LogP contribution is 2.19. The molecule has 2 aliphatic rings. The van der Waals surface area contributed by atoms with Gasteiger partial charge in [-0.2, -0.15) is 0 Å². The van der Waals surface area contributed by atoms with Gasteiger partial charge in [0.25, 0.3) is 0 Å². The number of hydrogen-bond acceptors (Lipinski definition) is 6. The summed E-state index contributed by atoms with van der Waals surface area (Å²) >= 11 is 1.72.